The molecule has 544 valence electrons. The molecule has 8 rings (SSSR count). The second kappa shape index (κ2) is 34.8. The van der Waals surface area contributed by atoms with Gasteiger partial charge in [0.15, 0.2) is 24.8 Å². The summed E-state index contributed by atoms with van der Waals surface area (Å²) in [5.74, 6) is 4.03. The Kier molecular flexibility index (Phi) is 29.5. The predicted octanol–water partition coefficient (Wildman–Crippen LogP) is 20.8. The van der Waals surface area contributed by atoms with Gasteiger partial charge in [-0.2, -0.15) is 0 Å². The third-order valence-corrected chi connectivity index (χ3v) is 27.9. The molecule has 0 saturated heterocycles. The molecule has 100 heavy (non-hydrogen) atoms. The van der Waals surface area contributed by atoms with Gasteiger partial charge in [-0.25, -0.2) is 18.3 Å². The Bertz CT molecular complexity index is 4070. The maximum absolute atomic E-state index is 2.49. The number of aryl methyl sites for hydroxylation is 9. The third kappa shape index (κ3) is 23.7. The Morgan fingerprint density at radius 3 is 0.830 bits per heavy atom. The maximum Gasteiger partial charge on any atom is 0.212 e. The second-order valence-corrected chi connectivity index (χ2v) is 58.0. The lowest BCUT2D eigenvalue weighted by Crippen LogP contribution is -2.45. The fraction of sp³-hybridized carbons (Fsp3) is 0.522. The number of aromatic nitrogens is 4. The highest BCUT2D eigenvalue weighted by molar-refractivity contribution is 6.90. The van der Waals surface area contributed by atoms with Crippen molar-refractivity contribution in [2.45, 2.75) is 260 Å². The first kappa shape index (κ1) is 85.0. The minimum Gasteiger partial charge on any atom is -0.201 e. The van der Waals surface area contributed by atoms with Crippen LogP contribution in [0.4, 0.5) is 0 Å². The van der Waals surface area contributed by atoms with Crippen LogP contribution in [0, 0.1) is 64.2 Å². The Balaban J connectivity index is 0.000000241. The van der Waals surface area contributed by atoms with Gasteiger partial charge >= 0.3 is 0 Å². The zero-order valence-electron chi connectivity index (χ0n) is 70.8. The van der Waals surface area contributed by atoms with Crippen molar-refractivity contribution in [1.29, 1.82) is 0 Å². The third-order valence-electron chi connectivity index (χ3n) is 19.6. The molecule has 0 radical (unpaired) electrons. The van der Waals surface area contributed by atoms with Gasteiger partial charge in [-0.05, 0) is 192 Å². The van der Waals surface area contributed by atoms with E-state index in [0.29, 0.717) is 35.5 Å². The monoisotopic (exact) mass is 1420 g/mol. The maximum atomic E-state index is 2.49. The van der Waals surface area contributed by atoms with Crippen LogP contribution in [0.15, 0.2) is 122 Å². The Hall–Kier alpha value is -5.65. The predicted molar refractivity (Wildman–Crippen MR) is 453 cm³/mol. The fourth-order valence-corrected chi connectivity index (χ4v) is 21.4. The summed E-state index contributed by atoms with van der Waals surface area (Å²) in [7, 11) is 3.22. The average molecular weight is 1420 g/mol. The molecule has 4 heterocycles. The molecule has 0 bridgehead atoms. The molecule has 0 amide bonds. The van der Waals surface area contributed by atoms with Crippen LogP contribution in [0.1, 0.15) is 177 Å². The molecule has 0 spiro atoms. The lowest BCUT2D eigenvalue weighted by Gasteiger charge is -2.23. The molecular formula is C92H144N4Si4+4. The molecule has 4 aromatic carbocycles. The Morgan fingerprint density at radius 1 is 0.310 bits per heavy atom. The molecule has 0 unspecified atom stereocenters. The van der Waals surface area contributed by atoms with Crippen LogP contribution in [-0.2, 0) is 65.7 Å². The summed E-state index contributed by atoms with van der Waals surface area (Å²) in [6, 6.07) is 37.7. The normalized spacial score (nSPS) is 12.3. The van der Waals surface area contributed by atoms with E-state index in [4.69, 9.17) is 0 Å². The van der Waals surface area contributed by atoms with Gasteiger partial charge in [0.05, 0.1) is 32.3 Å². The van der Waals surface area contributed by atoms with Crippen LogP contribution in [0.25, 0.3) is 45.0 Å². The standard InChI is InChI=1S/2C24H38NSi.C23H36NSi.C21H32NSi/c1-17(2)13-19-16-25(7)22(15-23(19)26(8,9)10)21-12-11-20(14-18(21)3)24(4,5)6;1-17(2)12-20-10-11-22(19(5)14-20)23-15-24(26(7,8)9)21(13-18(3)4)16-25(23)6;1-16(2)12-20-15-24(6)22(14-23(20)25(7,8)9)21-11-10-19(17(3)4)13-18(21)5;1-15(2)11-18-14-22(5)20(13-21(18)23(6,7)8)19-10-9-16(3)12-17(19)4/h11-12,14-17H,13H2,1-10H3;10-11,14-18H,12-13H2,1-9H3;10-11,13-17H,12H2,1-9H3;9-10,12-15H,11H2,1-8H3/q4*+1. The molecule has 8 aromatic rings. The van der Waals surface area contributed by atoms with Crippen molar-refractivity contribution in [2.75, 3.05) is 0 Å². The summed E-state index contributed by atoms with van der Waals surface area (Å²) in [4.78, 5) is 0. The van der Waals surface area contributed by atoms with Gasteiger partial charge in [0.1, 0.15) is 28.2 Å². The lowest BCUT2D eigenvalue weighted by atomic mass is 9.85. The van der Waals surface area contributed by atoms with Crippen LogP contribution < -0.4 is 39.0 Å². The fourth-order valence-electron chi connectivity index (χ4n) is 14.6. The topological polar surface area (TPSA) is 15.5 Å². The van der Waals surface area contributed by atoms with Crippen molar-refractivity contribution in [1.82, 2.24) is 0 Å². The van der Waals surface area contributed by atoms with Crippen molar-refractivity contribution in [2.24, 2.45) is 57.8 Å². The van der Waals surface area contributed by atoms with E-state index in [-0.39, 0.29) is 5.41 Å². The largest absolute Gasteiger partial charge is 0.212 e. The molecule has 0 fully saturated rings. The molecule has 8 heteroatoms. The molecule has 0 N–H and O–H groups in total. The minimum atomic E-state index is -1.40. The summed E-state index contributed by atoms with van der Waals surface area (Å²) >= 11 is 0. The lowest BCUT2D eigenvalue weighted by molar-refractivity contribution is -0.660. The first-order valence-electron chi connectivity index (χ1n) is 38.4. The molecule has 0 aliphatic carbocycles. The zero-order chi connectivity index (χ0) is 75.8. The van der Waals surface area contributed by atoms with Gasteiger partial charge in [-0.3, -0.25) is 0 Å². The summed E-state index contributed by atoms with van der Waals surface area (Å²) in [6.07, 6.45) is 15.4. The second-order valence-electron chi connectivity index (χ2n) is 37.8. The van der Waals surface area contributed by atoms with Crippen molar-refractivity contribution in [3.8, 4) is 45.0 Å². The highest BCUT2D eigenvalue weighted by Gasteiger charge is 2.31. The van der Waals surface area contributed by atoms with Gasteiger partial charge in [-0.15, -0.1) is 0 Å². The van der Waals surface area contributed by atoms with Crippen molar-refractivity contribution in [3.05, 3.63) is 189 Å². The molecule has 0 saturated carbocycles. The van der Waals surface area contributed by atoms with Crippen LogP contribution in [0.5, 0.6) is 0 Å². The van der Waals surface area contributed by atoms with Crippen molar-refractivity contribution < 1.29 is 18.3 Å². The quantitative estimate of drug-likeness (QED) is 0.0566. The van der Waals surface area contributed by atoms with Gasteiger partial charge < -0.3 is 0 Å². The first-order chi connectivity index (χ1) is 45.9. The highest BCUT2D eigenvalue weighted by atomic mass is 28.3. The van der Waals surface area contributed by atoms with Gasteiger partial charge in [0.25, 0.3) is 0 Å². The summed E-state index contributed by atoms with van der Waals surface area (Å²) < 4.78 is 9.32. The number of pyridine rings is 4. The number of benzene rings is 4. The Morgan fingerprint density at radius 2 is 0.580 bits per heavy atom. The van der Waals surface area contributed by atoms with Gasteiger partial charge in [0.2, 0.25) is 22.8 Å². The highest BCUT2D eigenvalue weighted by Crippen LogP contribution is 2.31. The smallest absolute Gasteiger partial charge is 0.201 e. The molecule has 4 nitrogen and oxygen atoms in total. The first-order valence-corrected chi connectivity index (χ1v) is 52.4. The van der Waals surface area contributed by atoms with Crippen LogP contribution in [-0.4, -0.2) is 32.3 Å². The number of nitrogens with zero attached hydrogens (tertiary/aromatic N) is 4. The van der Waals surface area contributed by atoms with Crippen LogP contribution >= 0.6 is 0 Å². The SMILES string of the molecule is Cc1cc(C(C)(C)C)ccc1-c1cc([Si](C)(C)C)c(CC(C)C)c[n+]1C.Cc1cc(C(C)C)ccc1-c1cc([Si](C)(C)C)c(CC(C)C)c[n+]1C.Cc1cc(CC(C)C)ccc1-c1cc([Si](C)(C)C)c(CC(C)C)c[n+]1C.Cc1ccc(-c2cc([Si](C)(C)C)c(CC(C)C)c[n+]2C)c(C)c1. The van der Waals surface area contributed by atoms with E-state index in [1.165, 1.54) is 125 Å². The number of rotatable bonds is 19. The average Bonchev–Trinajstić information content (AvgIpc) is 0.803. The van der Waals surface area contributed by atoms with E-state index >= 15 is 0 Å². The van der Waals surface area contributed by atoms with E-state index in [2.05, 4.69) is 385 Å². The molecule has 0 atom stereocenters. The zero-order valence-corrected chi connectivity index (χ0v) is 74.8. The van der Waals surface area contributed by atoms with Crippen molar-refractivity contribution >= 4 is 53.0 Å². The molecule has 4 aromatic heterocycles. The summed E-state index contributed by atoms with van der Waals surface area (Å²) in [6.45, 7) is 75.2. The molecule has 0 aliphatic heterocycles. The Labute approximate surface area is 619 Å². The summed E-state index contributed by atoms with van der Waals surface area (Å²) in [5.41, 5.74) is 28.3. The van der Waals surface area contributed by atoms with Crippen LogP contribution in [0.3, 0.4) is 0 Å². The van der Waals surface area contributed by atoms with Crippen LogP contribution in [0.2, 0.25) is 78.6 Å². The summed E-state index contributed by atoms with van der Waals surface area (Å²) in [5, 5.41) is 6.45. The van der Waals surface area contributed by atoms with Gasteiger partial charge in [-0.1, -0.05) is 237 Å². The number of hydrogen-bond acceptors (Lipinski definition) is 0. The van der Waals surface area contributed by atoms with Gasteiger partial charge in [0, 0.05) is 68.8 Å². The molecular weight excluding hydrogens is 1270 g/mol. The van der Waals surface area contributed by atoms with E-state index in [0.717, 1.165) is 12.8 Å². The minimum absolute atomic E-state index is 0.191. The van der Waals surface area contributed by atoms with E-state index in [1.54, 1.807) is 26.3 Å². The number of hydrogen-bond donors (Lipinski definition) is 0. The molecule has 0 aliphatic rings. The van der Waals surface area contributed by atoms with E-state index in [9.17, 15) is 0 Å². The van der Waals surface area contributed by atoms with Crippen molar-refractivity contribution in [3.63, 3.8) is 0 Å². The van der Waals surface area contributed by atoms with E-state index < -0.39 is 32.3 Å². The van der Waals surface area contributed by atoms with E-state index in [1.807, 2.05) is 0 Å².